The summed E-state index contributed by atoms with van der Waals surface area (Å²) in [5.41, 5.74) is 1.48. The number of amides is 1. The quantitative estimate of drug-likeness (QED) is 0.538. The van der Waals surface area contributed by atoms with Crippen LogP contribution < -0.4 is 15.6 Å². The first-order valence-corrected chi connectivity index (χ1v) is 8.87. The Bertz CT molecular complexity index is 1230. The number of aromatic nitrogens is 1. The maximum Gasteiger partial charge on any atom is 0.272 e. The van der Waals surface area contributed by atoms with Crippen LogP contribution >= 0.6 is 0 Å². The van der Waals surface area contributed by atoms with Gasteiger partial charge in [-0.05, 0) is 54.3 Å². The largest absolute Gasteiger partial charge is 0.455 e. The van der Waals surface area contributed by atoms with Gasteiger partial charge >= 0.3 is 0 Å². The van der Waals surface area contributed by atoms with E-state index in [4.69, 9.17) is 4.74 Å². The molecule has 5 nitrogen and oxygen atoms in total. The van der Waals surface area contributed by atoms with E-state index in [1.54, 1.807) is 36.4 Å². The topological polar surface area (TPSA) is 71.2 Å². The Hall–Kier alpha value is -3.86. The molecule has 0 bridgehead atoms. The molecule has 2 N–H and O–H groups in total. The Kier molecular flexibility index (Phi) is 4.64. The van der Waals surface area contributed by atoms with Crippen molar-refractivity contribution in [2.75, 3.05) is 5.32 Å². The first kappa shape index (κ1) is 17.5. The van der Waals surface area contributed by atoms with E-state index in [1.807, 2.05) is 49.4 Å². The van der Waals surface area contributed by atoms with Gasteiger partial charge in [0.2, 0.25) is 0 Å². The summed E-state index contributed by atoms with van der Waals surface area (Å²) in [7, 11) is 0. The highest BCUT2D eigenvalue weighted by molar-refractivity contribution is 6.05. The molecule has 3 aromatic carbocycles. The number of anilines is 1. The molecular formula is C23H18N2O3. The average Bonchev–Trinajstić information content (AvgIpc) is 2.69. The molecule has 0 aliphatic carbocycles. The number of hydrogen-bond donors (Lipinski definition) is 2. The van der Waals surface area contributed by atoms with Gasteiger partial charge in [0, 0.05) is 5.39 Å². The van der Waals surface area contributed by atoms with Gasteiger partial charge in [-0.2, -0.15) is 0 Å². The molecule has 0 radical (unpaired) electrons. The van der Waals surface area contributed by atoms with Crippen molar-refractivity contribution in [3.8, 4) is 11.5 Å². The highest BCUT2D eigenvalue weighted by atomic mass is 16.5. The number of hydrogen-bond acceptors (Lipinski definition) is 3. The normalized spacial score (nSPS) is 10.6. The van der Waals surface area contributed by atoms with Crippen LogP contribution in [0.3, 0.4) is 0 Å². The van der Waals surface area contributed by atoms with Crippen molar-refractivity contribution in [2.45, 2.75) is 6.92 Å². The van der Waals surface area contributed by atoms with Crippen molar-refractivity contribution < 1.29 is 9.53 Å². The molecule has 0 atom stereocenters. The van der Waals surface area contributed by atoms with E-state index in [0.717, 1.165) is 5.56 Å². The zero-order chi connectivity index (χ0) is 19.5. The Balaban J connectivity index is 1.63. The van der Waals surface area contributed by atoms with E-state index in [-0.39, 0.29) is 11.3 Å². The maximum absolute atomic E-state index is 12.7. The van der Waals surface area contributed by atoms with Gasteiger partial charge in [-0.3, -0.25) is 9.59 Å². The van der Waals surface area contributed by atoms with Crippen LogP contribution in [0, 0.1) is 6.92 Å². The number of carbonyl (C=O) groups excluding carboxylic acids is 1. The number of rotatable bonds is 4. The second kappa shape index (κ2) is 7.40. The SMILES string of the molecule is Cc1cccc(Oc2ccccc2NC(=O)c2cc3ccccc3c(=O)[nH]2)c1. The average molecular weight is 370 g/mol. The molecule has 0 unspecified atom stereocenters. The lowest BCUT2D eigenvalue weighted by Crippen LogP contribution is -2.19. The number of H-pyrrole nitrogens is 1. The first-order chi connectivity index (χ1) is 13.6. The summed E-state index contributed by atoms with van der Waals surface area (Å²) in [5, 5.41) is 4.07. The van der Waals surface area contributed by atoms with Gasteiger partial charge < -0.3 is 15.0 Å². The molecule has 0 aliphatic heterocycles. The highest BCUT2D eigenvalue weighted by Crippen LogP contribution is 2.30. The lowest BCUT2D eigenvalue weighted by atomic mass is 10.1. The molecule has 0 saturated heterocycles. The number of para-hydroxylation sites is 2. The number of ether oxygens (including phenoxy) is 1. The third-order valence-electron chi connectivity index (χ3n) is 4.35. The van der Waals surface area contributed by atoms with Gasteiger partial charge in [-0.1, -0.05) is 42.5 Å². The molecule has 5 heteroatoms. The summed E-state index contributed by atoms with van der Waals surface area (Å²) in [6.07, 6.45) is 0. The summed E-state index contributed by atoms with van der Waals surface area (Å²) in [6, 6.07) is 23.6. The van der Waals surface area contributed by atoms with Gasteiger partial charge in [-0.25, -0.2) is 0 Å². The third-order valence-corrected chi connectivity index (χ3v) is 4.35. The minimum atomic E-state index is -0.414. The van der Waals surface area contributed by atoms with Gasteiger partial charge in [-0.15, -0.1) is 0 Å². The second-order valence-corrected chi connectivity index (χ2v) is 6.47. The number of carbonyl (C=O) groups is 1. The number of fused-ring (bicyclic) bond motifs is 1. The van der Waals surface area contributed by atoms with Crippen molar-refractivity contribution in [1.82, 2.24) is 4.98 Å². The summed E-state index contributed by atoms with van der Waals surface area (Å²) < 4.78 is 5.93. The summed E-state index contributed by atoms with van der Waals surface area (Å²) >= 11 is 0. The Morgan fingerprint density at radius 3 is 2.57 bits per heavy atom. The Morgan fingerprint density at radius 2 is 1.71 bits per heavy atom. The van der Waals surface area contributed by atoms with E-state index in [0.29, 0.717) is 28.0 Å². The van der Waals surface area contributed by atoms with Crippen LogP contribution in [-0.4, -0.2) is 10.9 Å². The van der Waals surface area contributed by atoms with Crippen molar-refractivity contribution in [2.24, 2.45) is 0 Å². The molecule has 1 heterocycles. The highest BCUT2D eigenvalue weighted by Gasteiger charge is 2.13. The monoisotopic (exact) mass is 370 g/mol. The molecule has 28 heavy (non-hydrogen) atoms. The van der Waals surface area contributed by atoms with Crippen molar-refractivity contribution in [3.63, 3.8) is 0 Å². The smallest absolute Gasteiger partial charge is 0.272 e. The fraction of sp³-hybridized carbons (Fsp3) is 0.0435. The zero-order valence-corrected chi connectivity index (χ0v) is 15.2. The third kappa shape index (κ3) is 3.64. The molecule has 0 aliphatic rings. The molecule has 1 aromatic heterocycles. The predicted molar refractivity (Wildman–Crippen MR) is 110 cm³/mol. The minimum Gasteiger partial charge on any atom is -0.455 e. The van der Waals surface area contributed by atoms with E-state index in [2.05, 4.69) is 10.3 Å². The van der Waals surface area contributed by atoms with Gasteiger partial charge in [0.1, 0.15) is 11.4 Å². The van der Waals surface area contributed by atoms with Gasteiger partial charge in [0.15, 0.2) is 5.75 Å². The summed E-state index contributed by atoms with van der Waals surface area (Å²) in [6.45, 7) is 1.98. The van der Waals surface area contributed by atoms with Crippen LogP contribution in [-0.2, 0) is 0 Å². The van der Waals surface area contributed by atoms with Crippen LogP contribution in [0.15, 0.2) is 83.7 Å². The molecule has 0 spiro atoms. The van der Waals surface area contributed by atoms with Crippen molar-refractivity contribution in [1.29, 1.82) is 0 Å². The van der Waals surface area contributed by atoms with Gasteiger partial charge in [0.05, 0.1) is 5.69 Å². The van der Waals surface area contributed by atoms with Crippen molar-refractivity contribution in [3.05, 3.63) is 100 Å². The van der Waals surface area contributed by atoms with E-state index in [9.17, 15) is 9.59 Å². The number of pyridine rings is 1. The standard InChI is InChI=1S/C23H18N2O3/c1-15-7-6-9-17(13-15)28-21-12-5-4-11-19(21)24-23(27)20-14-16-8-2-3-10-18(16)22(26)25-20/h2-14H,1H3,(H,24,27)(H,25,26). The lowest BCUT2D eigenvalue weighted by Gasteiger charge is -2.12. The van der Waals surface area contributed by atoms with E-state index < -0.39 is 5.91 Å². The molecule has 4 aromatic rings. The molecule has 0 fully saturated rings. The van der Waals surface area contributed by atoms with Crippen LogP contribution in [0.1, 0.15) is 16.1 Å². The number of aryl methyl sites for hydroxylation is 1. The van der Waals surface area contributed by atoms with Crippen LogP contribution in [0.25, 0.3) is 10.8 Å². The Labute approximate surface area is 161 Å². The maximum atomic E-state index is 12.7. The van der Waals surface area contributed by atoms with Crippen molar-refractivity contribution >= 4 is 22.4 Å². The predicted octanol–water partition coefficient (Wildman–Crippen LogP) is 4.88. The van der Waals surface area contributed by atoms with E-state index in [1.165, 1.54) is 0 Å². The fourth-order valence-corrected chi connectivity index (χ4v) is 2.99. The molecule has 4 rings (SSSR count). The minimum absolute atomic E-state index is 0.189. The van der Waals surface area contributed by atoms with Crippen LogP contribution in [0.2, 0.25) is 0 Å². The number of nitrogens with one attached hydrogen (secondary N) is 2. The second-order valence-electron chi connectivity index (χ2n) is 6.47. The molecule has 0 saturated carbocycles. The van der Waals surface area contributed by atoms with Crippen LogP contribution in [0.4, 0.5) is 5.69 Å². The molecular weight excluding hydrogens is 352 g/mol. The van der Waals surface area contributed by atoms with Gasteiger partial charge in [0.25, 0.3) is 11.5 Å². The van der Waals surface area contributed by atoms with Crippen LogP contribution in [0.5, 0.6) is 11.5 Å². The number of aromatic amines is 1. The van der Waals surface area contributed by atoms with E-state index >= 15 is 0 Å². The Morgan fingerprint density at radius 1 is 0.929 bits per heavy atom. The lowest BCUT2D eigenvalue weighted by molar-refractivity contribution is 0.102. The number of benzene rings is 3. The fourth-order valence-electron chi connectivity index (χ4n) is 2.99. The molecule has 138 valence electrons. The zero-order valence-electron chi connectivity index (χ0n) is 15.2. The molecule has 1 amide bonds. The first-order valence-electron chi connectivity index (χ1n) is 8.87. The summed E-state index contributed by atoms with van der Waals surface area (Å²) in [4.78, 5) is 27.6. The summed E-state index contributed by atoms with van der Waals surface area (Å²) in [5.74, 6) is 0.786.